The first-order valence-corrected chi connectivity index (χ1v) is 10.6. The number of fused-ring (bicyclic) bond motifs is 2. The summed E-state index contributed by atoms with van der Waals surface area (Å²) >= 11 is 6.10. The molecule has 1 heterocycles. The Balaban J connectivity index is 1.44. The molecular formula is C27H19ClO4. The first-order valence-electron chi connectivity index (χ1n) is 10.3. The van der Waals surface area contributed by atoms with Gasteiger partial charge in [-0.2, -0.15) is 0 Å². The zero-order chi connectivity index (χ0) is 21.9. The van der Waals surface area contributed by atoms with Crippen molar-refractivity contribution in [2.45, 2.75) is 0 Å². The van der Waals surface area contributed by atoms with E-state index in [-0.39, 0.29) is 24.4 Å². The highest BCUT2D eigenvalue weighted by Gasteiger charge is 2.18. The van der Waals surface area contributed by atoms with Gasteiger partial charge in [-0.25, -0.2) is 0 Å². The van der Waals surface area contributed by atoms with Crippen molar-refractivity contribution in [1.29, 1.82) is 0 Å². The van der Waals surface area contributed by atoms with Crippen LogP contribution in [0.3, 0.4) is 0 Å². The van der Waals surface area contributed by atoms with Gasteiger partial charge in [0.05, 0.1) is 5.39 Å². The van der Waals surface area contributed by atoms with Gasteiger partial charge in [0, 0.05) is 16.0 Å². The van der Waals surface area contributed by atoms with Crippen molar-refractivity contribution < 1.29 is 13.9 Å². The molecule has 0 unspecified atom stereocenters. The van der Waals surface area contributed by atoms with Crippen molar-refractivity contribution in [1.82, 2.24) is 0 Å². The summed E-state index contributed by atoms with van der Waals surface area (Å²) in [5.74, 6) is 1.30. The molecule has 0 bridgehead atoms. The standard InChI is InChI=1S/C27H19ClO4/c28-20-13-14-24-22(17-20)25(29)27(26(32-24)19-8-2-1-3-9-19)31-16-15-30-23-12-6-10-18-7-4-5-11-21(18)23/h1-14,17H,15-16H2. The molecule has 5 rings (SSSR count). The Hall–Kier alpha value is -3.76. The highest BCUT2D eigenvalue weighted by molar-refractivity contribution is 6.31. The van der Waals surface area contributed by atoms with E-state index in [4.69, 9.17) is 25.5 Å². The fourth-order valence-electron chi connectivity index (χ4n) is 3.68. The Morgan fingerprint density at radius 2 is 1.50 bits per heavy atom. The molecule has 0 fully saturated rings. The van der Waals surface area contributed by atoms with Gasteiger partial charge in [0.15, 0.2) is 5.76 Å². The van der Waals surface area contributed by atoms with Crippen molar-refractivity contribution in [3.05, 3.63) is 106 Å². The molecule has 0 radical (unpaired) electrons. The lowest BCUT2D eigenvalue weighted by Gasteiger charge is -2.13. The molecule has 4 nitrogen and oxygen atoms in total. The molecular weight excluding hydrogens is 424 g/mol. The summed E-state index contributed by atoms with van der Waals surface area (Å²) in [6.07, 6.45) is 0. The average Bonchev–Trinajstić information content (AvgIpc) is 2.84. The smallest absolute Gasteiger partial charge is 0.235 e. The second-order valence-electron chi connectivity index (χ2n) is 7.27. The van der Waals surface area contributed by atoms with Crippen LogP contribution < -0.4 is 14.9 Å². The van der Waals surface area contributed by atoms with Gasteiger partial charge in [-0.1, -0.05) is 78.3 Å². The van der Waals surface area contributed by atoms with Gasteiger partial charge >= 0.3 is 0 Å². The molecule has 0 saturated carbocycles. The maximum absolute atomic E-state index is 13.2. The van der Waals surface area contributed by atoms with Crippen molar-refractivity contribution in [3.63, 3.8) is 0 Å². The predicted octanol–water partition coefficient (Wildman–Crippen LogP) is 6.72. The molecule has 0 spiro atoms. The fourth-order valence-corrected chi connectivity index (χ4v) is 3.85. The Morgan fingerprint density at radius 3 is 2.38 bits per heavy atom. The molecule has 0 aliphatic carbocycles. The summed E-state index contributed by atoms with van der Waals surface area (Å²) in [5.41, 5.74) is 0.946. The molecule has 0 N–H and O–H groups in total. The monoisotopic (exact) mass is 442 g/mol. The third-order valence-corrected chi connectivity index (χ3v) is 5.42. The van der Waals surface area contributed by atoms with Gasteiger partial charge in [-0.3, -0.25) is 4.79 Å². The normalized spacial score (nSPS) is 11.0. The zero-order valence-electron chi connectivity index (χ0n) is 17.1. The maximum Gasteiger partial charge on any atom is 0.235 e. The van der Waals surface area contributed by atoms with E-state index in [9.17, 15) is 4.79 Å². The number of rotatable bonds is 6. The summed E-state index contributed by atoms with van der Waals surface area (Å²) in [6.45, 7) is 0.454. The van der Waals surface area contributed by atoms with E-state index in [2.05, 4.69) is 0 Å². The highest BCUT2D eigenvalue weighted by atomic mass is 35.5. The lowest BCUT2D eigenvalue weighted by atomic mass is 10.1. The Kier molecular flexibility index (Phi) is 5.53. The van der Waals surface area contributed by atoms with Gasteiger partial charge < -0.3 is 13.9 Å². The largest absolute Gasteiger partial charge is 0.489 e. The van der Waals surface area contributed by atoms with Crippen molar-refractivity contribution >= 4 is 33.3 Å². The number of hydrogen-bond donors (Lipinski definition) is 0. The fraction of sp³-hybridized carbons (Fsp3) is 0.0741. The Labute approximate surface area is 189 Å². The minimum absolute atomic E-state index is 0.146. The average molecular weight is 443 g/mol. The van der Waals surface area contributed by atoms with Gasteiger partial charge in [0.25, 0.3) is 0 Å². The Morgan fingerprint density at radius 1 is 0.750 bits per heavy atom. The maximum atomic E-state index is 13.2. The Bertz CT molecular complexity index is 1450. The van der Waals surface area contributed by atoms with Crippen molar-refractivity contribution in [2.24, 2.45) is 0 Å². The van der Waals surface area contributed by atoms with Crippen LogP contribution in [0.15, 0.2) is 100 Å². The molecule has 0 aliphatic rings. The molecule has 0 amide bonds. The van der Waals surface area contributed by atoms with E-state index in [0.29, 0.717) is 21.8 Å². The highest BCUT2D eigenvalue weighted by Crippen LogP contribution is 2.32. The molecule has 0 saturated heterocycles. The lowest BCUT2D eigenvalue weighted by molar-refractivity contribution is 0.216. The zero-order valence-corrected chi connectivity index (χ0v) is 17.8. The number of benzene rings is 4. The van der Waals surface area contributed by atoms with E-state index in [0.717, 1.165) is 22.1 Å². The lowest BCUT2D eigenvalue weighted by Crippen LogP contribution is -2.15. The van der Waals surface area contributed by atoms with E-state index in [1.807, 2.05) is 72.8 Å². The number of hydrogen-bond acceptors (Lipinski definition) is 4. The van der Waals surface area contributed by atoms with Gasteiger partial charge in [-0.15, -0.1) is 0 Å². The van der Waals surface area contributed by atoms with E-state index in [1.165, 1.54) is 0 Å². The molecule has 5 aromatic rings. The van der Waals surface area contributed by atoms with Crippen LogP contribution in [0.25, 0.3) is 33.1 Å². The molecule has 4 aromatic carbocycles. The van der Waals surface area contributed by atoms with Gasteiger partial charge in [-0.05, 0) is 29.7 Å². The molecule has 0 aliphatic heterocycles. The molecule has 158 valence electrons. The molecule has 0 atom stereocenters. The van der Waals surface area contributed by atoms with E-state index < -0.39 is 0 Å². The summed E-state index contributed by atoms with van der Waals surface area (Å²) in [6, 6.07) is 28.3. The van der Waals surface area contributed by atoms with Crippen LogP contribution in [0.2, 0.25) is 5.02 Å². The summed E-state index contributed by atoms with van der Waals surface area (Å²) in [4.78, 5) is 13.2. The van der Waals surface area contributed by atoms with Gasteiger partial charge in [0.2, 0.25) is 11.2 Å². The van der Waals surface area contributed by atoms with E-state index in [1.54, 1.807) is 18.2 Å². The van der Waals surface area contributed by atoms with Crippen LogP contribution in [0.1, 0.15) is 0 Å². The second-order valence-corrected chi connectivity index (χ2v) is 7.71. The topological polar surface area (TPSA) is 48.7 Å². The van der Waals surface area contributed by atoms with Crippen LogP contribution in [-0.2, 0) is 0 Å². The third kappa shape index (κ3) is 3.93. The summed E-state index contributed by atoms with van der Waals surface area (Å²) < 4.78 is 17.9. The van der Waals surface area contributed by atoms with Crippen molar-refractivity contribution in [3.8, 4) is 22.8 Å². The van der Waals surface area contributed by atoms with Crippen LogP contribution in [0.4, 0.5) is 0 Å². The quantitative estimate of drug-likeness (QED) is 0.274. The minimum Gasteiger partial charge on any atom is -0.489 e. The SMILES string of the molecule is O=c1c(OCCOc2cccc3ccccc23)c(-c2ccccc2)oc2ccc(Cl)cc12. The first-order chi connectivity index (χ1) is 15.7. The van der Waals surface area contributed by atoms with Gasteiger partial charge in [0.1, 0.15) is 24.5 Å². The van der Waals surface area contributed by atoms with Crippen molar-refractivity contribution in [2.75, 3.05) is 13.2 Å². The molecule has 1 aromatic heterocycles. The predicted molar refractivity (Wildman–Crippen MR) is 128 cm³/mol. The molecule has 5 heteroatoms. The first kappa shape index (κ1) is 20.2. The summed E-state index contributed by atoms with van der Waals surface area (Å²) in [7, 11) is 0. The number of ether oxygens (including phenoxy) is 2. The third-order valence-electron chi connectivity index (χ3n) is 5.18. The molecule has 32 heavy (non-hydrogen) atoms. The van der Waals surface area contributed by atoms with E-state index >= 15 is 0 Å². The van der Waals surface area contributed by atoms with Crippen LogP contribution >= 0.6 is 11.6 Å². The van der Waals surface area contributed by atoms with Crippen LogP contribution in [0, 0.1) is 0 Å². The van der Waals surface area contributed by atoms with Crippen LogP contribution in [0.5, 0.6) is 11.5 Å². The van der Waals surface area contributed by atoms with Crippen LogP contribution in [-0.4, -0.2) is 13.2 Å². The minimum atomic E-state index is -0.266. The number of halogens is 1. The second kappa shape index (κ2) is 8.77. The summed E-state index contributed by atoms with van der Waals surface area (Å²) in [5, 5.41) is 2.97.